The summed E-state index contributed by atoms with van der Waals surface area (Å²) in [6.07, 6.45) is -0.349. The molecule has 4 rings (SSSR count). The summed E-state index contributed by atoms with van der Waals surface area (Å²) in [4.78, 5) is 0. The molecule has 3 aromatic rings. The van der Waals surface area contributed by atoms with Gasteiger partial charge in [-0.15, -0.1) is 5.10 Å². The van der Waals surface area contributed by atoms with E-state index in [0.29, 0.717) is 0 Å². The molecule has 0 saturated heterocycles. The van der Waals surface area contributed by atoms with Crippen molar-refractivity contribution in [3.63, 3.8) is 0 Å². The van der Waals surface area contributed by atoms with Crippen molar-refractivity contribution in [2.45, 2.75) is 25.9 Å². The summed E-state index contributed by atoms with van der Waals surface area (Å²) in [5.74, 6) is 1.50. The minimum atomic E-state index is -1.83. The molecular weight excluding hydrogens is 322 g/mol. The van der Waals surface area contributed by atoms with Crippen molar-refractivity contribution in [2.24, 2.45) is 0 Å². The average Bonchev–Trinajstić information content (AvgIpc) is 3.18. The highest BCUT2D eigenvalue weighted by atomic mass is 28.4. The number of aromatic nitrogens is 3. The molecule has 1 atom stereocenters. The third-order valence-electron chi connectivity index (χ3n) is 3.75. The summed E-state index contributed by atoms with van der Waals surface area (Å²) in [5.41, 5.74) is 2.76. The smallest absolute Gasteiger partial charge is 0.231 e. The fourth-order valence-corrected chi connectivity index (χ4v) is 3.63. The second kappa shape index (κ2) is 5.61. The lowest BCUT2D eigenvalue weighted by atomic mass is 10.1. The normalized spacial score (nSPS) is 15.0. The minimum absolute atomic E-state index is 0.255. The minimum Gasteiger partial charge on any atom is -0.454 e. The predicted molar refractivity (Wildman–Crippen MR) is 92.7 cm³/mol. The fourth-order valence-electron chi connectivity index (χ4n) is 2.72. The van der Waals surface area contributed by atoms with Crippen molar-refractivity contribution in [3.8, 4) is 11.5 Å². The number of benzene rings is 2. The molecule has 0 radical (unpaired) electrons. The number of fused-ring (bicyclic) bond motifs is 2. The van der Waals surface area contributed by atoms with Gasteiger partial charge in [-0.2, -0.15) is 0 Å². The average molecular weight is 341 g/mol. The molecule has 24 heavy (non-hydrogen) atoms. The van der Waals surface area contributed by atoms with E-state index >= 15 is 0 Å². The van der Waals surface area contributed by atoms with Crippen LogP contribution in [-0.4, -0.2) is 30.1 Å². The van der Waals surface area contributed by atoms with E-state index in [0.717, 1.165) is 28.1 Å². The molecule has 0 spiro atoms. The van der Waals surface area contributed by atoms with Gasteiger partial charge in [-0.05, 0) is 43.9 Å². The van der Waals surface area contributed by atoms with Gasteiger partial charge in [0.2, 0.25) is 6.79 Å². The van der Waals surface area contributed by atoms with Gasteiger partial charge in [0.05, 0.1) is 5.52 Å². The second-order valence-electron chi connectivity index (χ2n) is 6.72. The van der Waals surface area contributed by atoms with E-state index in [2.05, 4.69) is 30.0 Å². The van der Waals surface area contributed by atoms with E-state index in [4.69, 9.17) is 13.9 Å². The molecular formula is C17H19N3O3Si. The van der Waals surface area contributed by atoms with Crippen molar-refractivity contribution in [3.05, 3.63) is 48.0 Å². The van der Waals surface area contributed by atoms with Gasteiger partial charge in [-0.3, -0.25) is 0 Å². The van der Waals surface area contributed by atoms with Crippen LogP contribution in [0.25, 0.3) is 11.0 Å². The van der Waals surface area contributed by atoms with Crippen molar-refractivity contribution >= 4 is 19.4 Å². The van der Waals surface area contributed by atoms with Crippen molar-refractivity contribution < 1.29 is 13.9 Å². The first-order chi connectivity index (χ1) is 11.5. The second-order valence-corrected chi connectivity index (χ2v) is 11.2. The van der Waals surface area contributed by atoms with Crippen LogP contribution in [0.2, 0.25) is 19.6 Å². The zero-order chi connectivity index (χ0) is 16.7. The Morgan fingerprint density at radius 3 is 2.71 bits per heavy atom. The van der Waals surface area contributed by atoms with E-state index in [1.54, 1.807) is 0 Å². The molecule has 0 saturated carbocycles. The zero-order valence-electron chi connectivity index (χ0n) is 13.9. The molecule has 6 nitrogen and oxygen atoms in total. The standard InChI is InChI=1S/C17H19N3O3Si/c1-24(2,3)23-17(12-8-9-15-16(10-12)22-11-21-15)20-14-7-5-4-6-13(14)18-19-20/h4-10,17H,11H2,1-3H3. The van der Waals surface area contributed by atoms with E-state index in [9.17, 15) is 0 Å². The van der Waals surface area contributed by atoms with Crippen LogP contribution in [0.4, 0.5) is 0 Å². The van der Waals surface area contributed by atoms with Gasteiger partial charge in [0.25, 0.3) is 0 Å². The molecule has 1 aliphatic rings. The maximum absolute atomic E-state index is 6.44. The first-order valence-corrected chi connectivity index (χ1v) is 11.3. The topological polar surface area (TPSA) is 58.4 Å². The molecule has 7 heteroatoms. The molecule has 0 amide bonds. The van der Waals surface area contributed by atoms with E-state index in [1.165, 1.54) is 0 Å². The lowest BCUT2D eigenvalue weighted by Gasteiger charge is -2.27. The summed E-state index contributed by atoms with van der Waals surface area (Å²) in [6, 6.07) is 13.8. The lowest BCUT2D eigenvalue weighted by molar-refractivity contribution is 0.153. The Labute approximate surface area is 141 Å². The summed E-state index contributed by atoms with van der Waals surface area (Å²) in [6.45, 7) is 6.73. The van der Waals surface area contributed by atoms with Crippen molar-refractivity contribution in [1.29, 1.82) is 0 Å². The maximum Gasteiger partial charge on any atom is 0.231 e. The number of nitrogens with zero attached hydrogens (tertiary/aromatic N) is 3. The van der Waals surface area contributed by atoms with Gasteiger partial charge in [0.15, 0.2) is 26.0 Å². The van der Waals surface area contributed by atoms with Crippen LogP contribution in [0.15, 0.2) is 42.5 Å². The SMILES string of the molecule is C[Si](C)(C)OC(c1ccc2c(c1)OCO2)n1nnc2ccccc21. The zero-order valence-corrected chi connectivity index (χ0v) is 14.9. The Hall–Kier alpha value is -2.38. The van der Waals surface area contributed by atoms with Crippen molar-refractivity contribution in [2.75, 3.05) is 6.79 Å². The van der Waals surface area contributed by atoms with Crippen molar-refractivity contribution in [1.82, 2.24) is 15.0 Å². The summed E-state index contributed by atoms with van der Waals surface area (Å²) in [5, 5.41) is 8.60. The summed E-state index contributed by atoms with van der Waals surface area (Å²) in [7, 11) is -1.83. The Morgan fingerprint density at radius 1 is 1.08 bits per heavy atom. The van der Waals surface area contributed by atoms with Crippen LogP contribution in [0.5, 0.6) is 11.5 Å². The van der Waals surface area contributed by atoms with E-state index in [-0.39, 0.29) is 13.0 Å². The fraction of sp³-hybridized carbons (Fsp3) is 0.294. The highest BCUT2D eigenvalue weighted by molar-refractivity contribution is 6.69. The molecule has 1 aliphatic heterocycles. The molecule has 0 aliphatic carbocycles. The van der Waals surface area contributed by atoms with Gasteiger partial charge < -0.3 is 13.9 Å². The Balaban J connectivity index is 1.82. The van der Waals surface area contributed by atoms with Crippen LogP contribution >= 0.6 is 0 Å². The number of para-hydroxylation sites is 1. The number of rotatable bonds is 4. The summed E-state index contributed by atoms with van der Waals surface area (Å²) >= 11 is 0. The molecule has 0 bridgehead atoms. The van der Waals surface area contributed by atoms with Gasteiger partial charge in [0.1, 0.15) is 5.52 Å². The van der Waals surface area contributed by atoms with E-state index < -0.39 is 8.32 Å². The van der Waals surface area contributed by atoms with Crippen LogP contribution in [0.1, 0.15) is 11.8 Å². The van der Waals surface area contributed by atoms with E-state index in [1.807, 2.05) is 47.1 Å². The molecule has 0 fully saturated rings. The van der Waals surface area contributed by atoms with Crippen LogP contribution in [-0.2, 0) is 4.43 Å². The molecule has 0 N–H and O–H groups in total. The molecule has 2 heterocycles. The first-order valence-electron chi connectivity index (χ1n) is 7.88. The number of hydrogen-bond donors (Lipinski definition) is 0. The van der Waals surface area contributed by atoms with Gasteiger partial charge in [-0.25, -0.2) is 4.68 Å². The van der Waals surface area contributed by atoms with Crippen LogP contribution in [0, 0.1) is 0 Å². The summed E-state index contributed by atoms with van der Waals surface area (Å²) < 4.78 is 19.2. The van der Waals surface area contributed by atoms with Gasteiger partial charge in [-0.1, -0.05) is 23.4 Å². The largest absolute Gasteiger partial charge is 0.454 e. The lowest BCUT2D eigenvalue weighted by Crippen LogP contribution is -2.31. The highest BCUT2D eigenvalue weighted by Gasteiger charge is 2.27. The molecule has 1 aromatic heterocycles. The molecule has 1 unspecified atom stereocenters. The van der Waals surface area contributed by atoms with Gasteiger partial charge in [0, 0.05) is 5.56 Å². The monoisotopic (exact) mass is 341 g/mol. The Morgan fingerprint density at radius 2 is 1.88 bits per heavy atom. The predicted octanol–water partition coefficient (Wildman–Crippen LogP) is 3.56. The molecule has 124 valence electrons. The van der Waals surface area contributed by atoms with Crippen LogP contribution < -0.4 is 9.47 Å². The number of hydrogen-bond acceptors (Lipinski definition) is 5. The van der Waals surface area contributed by atoms with Gasteiger partial charge >= 0.3 is 0 Å². The third-order valence-corrected chi connectivity index (χ3v) is 4.68. The maximum atomic E-state index is 6.44. The quantitative estimate of drug-likeness (QED) is 0.679. The van der Waals surface area contributed by atoms with Crippen LogP contribution in [0.3, 0.4) is 0 Å². The number of ether oxygens (including phenoxy) is 2. The Kier molecular flexibility index (Phi) is 3.54. The third kappa shape index (κ3) is 2.76. The highest BCUT2D eigenvalue weighted by Crippen LogP contribution is 2.36. The Bertz CT molecular complexity index is 888. The molecule has 2 aromatic carbocycles. The first kappa shape index (κ1) is 15.2.